The summed E-state index contributed by atoms with van der Waals surface area (Å²) in [5.74, 6) is -0.500. The summed E-state index contributed by atoms with van der Waals surface area (Å²) in [5, 5.41) is 2.65. The minimum absolute atomic E-state index is 0.00169. The Kier molecular flexibility index (Phi) is 6.10. The number of nitrogens with one attached hydrogen (secondary N) is 2. The minimum atomic E-state index is -3.82. The summed E-state index contributed by atoms with van der Waals surface area (Å²) in [6.45, 7) is -0.00169. The number of anilines is 1. The second-order valence-corrected chi connectivity index (χ2v) is 7.72. The van der Waals surface area contributed by atoms with Gasteiger partial charge in [-0.1, -0.05) is 6.07 Å². The third-order valence-electron chi connectivity index (χ3n) is 3.99. The van der Waals surface area contributed by atoms with Gasteiger partial charge in [0.15, 0.2) is 0 Å². The maximum atomic E-state index is 12.5. The Labute approximate surface area is 167 Å². The van der Waals surface area contributed by atoms with Crippen molar-refractivity contribution in [1.82, 2.24) is 4.72 Å². The van der Waals surface area contributed by atoms with Crippen molar-refractivity contribution in [1.29, 1.82) is 0 Å². The van der Waals surface area contributed by atoms with Crippen molar-refractivity contribution in [3.8, 4) is 0 Å². The van der Waals surface area contributed by atoms with Crippen molar-refractivity contribution >= 4 is 27.6 Å². The molecule has 1 aromatic heterocycles. The van der Waals surface area contributed by atoms with E-state index in [1.54, 1.807) is 24.3 Å². The van der Waals surface area contributed by atoms with E-state index in [1.807, 2.05) is 0 Å². The number of amides is 1. The van der Waals surface area contributed by atoms with Gasteiger partial charge in [0.25, 0.3) is 5.91 Å². The molecule has 0 unspecified atom stereocenters. The van der Waals surface area contributed by atoms with Crippen molar-refractivity contribution in [3.05, 3.63) is 83.8 Å². The summed E-state index contributed by atoms with van der Waals surface area (Å²) in [5.41, 5.74) is 0.969. The van der Waals surface area contributed by atoms with Crippen molar-refractivity contribution in [2.45, 2.75) is 11.4 Å². The highest BCUT2D eigenvalue weighted by atomic mass is 32.2. The summed E-state index contributed by atoms with van der Waals surface area (Å²) in [6.07, 6.45) is 1.45. The van der Waals surface area contributed by atoms with Gasteiger partial charge in [-0.3, -0.25) is 4.79 Å². The van der Waals surface area contributed by atoms with Gasteiger partial charge in [-0.15, -0.1) is 0 Å². The van der Waals surface area contributed by atoms with Crippen molar-refractivity contribution in [2.75, 3.05) is 12.4 Å². The number of carbonyl (C=O) groups is 2. The highest BCUT2D eigenvalue weighted by Crippen LogP contribution is 2.16. The number of rotatable bonds is 7. The lowest BCUT2D eigenvalue weighted by atomic mass is 10.2. The van der Waals surface area contributed by atoms with Crippen molar-refractivity contribution < 1.29 is 27.2 Å². The zero-order valence-corrected chi connectivity index (χ0v) is 16.2. The summed E-state index contributed by atoms with van der Waals surface area (Å²) in [4.78, 5) is 23.9. The first kappa shape index (κ1) is 20.3. The van der Waals surface area contributed by atoms with Crippen LogP contribution in [0.1, 0.15) is 26.5 Å². The highest BCUT2D eigenvalue weighted by molar-refractivity contribution is 7.89. The van der Waals surface area contributed by atoms with Crippen LogP contribution in [0.3, 0.4) is 0 Å². The van der Waals surface area contributed by atoms with Crippen LogP contribution < -0.4 is 10.0 Å². The Hall–Kier alpha value is -3.43. The first-order valence-corrected chi connectivity index (χ1v) is 9.99. The number of hydrogen-bond donors (Lipinski definition) is 2. The molecule has 0 saturated carbocycles. The van der Waals surface area contributed by atoms with E-state index in [9.17, 15) is 18.0 Å². The van der Waals surface area contributed by atoms with Gasteiger partial charge in [0, 0.05) is 11.3 Å². The number of ether oxygens (including phenoxy) is 1. The largest absolute Gasteiger partial charge is 0.468 e. The summed E-state index contributed by atoms with van der Waals surface area (Å²) in [7, 11) is -2.54. The predicted molar refractivity (Wildman–Crippen MR) is 105 cm³/mol. The predicted octanol–water partition coefficient (Wildman–Crippen LogP) is 2.80. The summed E-state index contributed by atoms with van der Waals surface area (Å²) >= 11 is 0. The number of furan rings is 1. The average Bonchev–Trinajstić information content (AvgIpc) is 3.26. The molecule has 0 bridgehead atoms. The number of benzene rings is 2. The van der Waals surface area contributed by atoms with Gasteiger partial charge in [-0.25, -0.2) is 17.9 Å². The average molecular weight is 414 g/mol. The topological polar surface area (TPSA) is 115 Å². The van der Waals surface area contributed by atoms with Crippen LogP contribution in [-0.4, -0.2) is 27.4 Å². The molecule has 0 aliphatic carbocycles. The molecule has 29 heavy (non-hydrogen) atoms. The number of methoxy groups -OCH3 is 1. The summed E-state index contributed by atoms with van der Waals surface area (Å²) in [6, 6.07) is 15.1. The van der Waals surface area contributed by atoms with Crippen LogP contribution in [0.2, 0.25) is 0 Å². The third kappa shape index (κ3) is 5.09. The first-order valence-electron chi connectivity index (χ1n) is 8.51. The Morgan fingerprint density at radius 2 is 1.76 bits per heavy atom. The fraction of sp³-hybridized carbons (Fsp3) is 0.100. The van der Waals surface area contributed by atoms with Gasteiger partial charge in [0.2, 0.25) is 10.0 Å². The Morgan fingerprint density at radius 3 is 2.41 bits per heavy atom. The lowest BCUT2D eigenvalue weighted by molar-refractivity contribution is 0.0600. The van der Waals surface area contributed by atoms with E-state index < -0.39 is 21.9 Å². The van der Waals surface area contributed by atoms with Gasteiger partial charge in [-0.2, -0.15) is 0 Å². The van der Waals surface area contributed by atoms with Crippen molar-refractivity contribution in [2.24, 2.45) is 0 Å². The second-order valence-electron chi connectivity index (χ2n) is 5.95. The second kappa shape index (κ2) is 8.72. The van der Waals surface area contributed by atoms with E-state index in [-0.39, 0.29) is 17.0 Å². The van der Waals surface area contributed by atoms with E-state index in [0.717, 1.165) is 0 Å². The minimum Gasteiger partial charge on any atom is -0.468 e. The third-order valence-corrected chi connectivity index (χ3v) is 5.39. The normalized spacial score (nSPS) is 11.1. The SMILES string of the molecule is COC(=O)c1ccc(NC(=O)c2cccc(S(=O)(=O)NCc3ccco3)c2)cc1. The van der Waals surface area contributed by atoms with Gasteiger partial charge in [0.05, 0.1) is 30.4 Å². The standard InChI is InChI=1S/C20H18N2O6S/c1-27-20(24)14-7-9-16(10-8-14)22-19(23)15-4-2-6-18(12-15)29(25,26)21-13-17-5-3-11-28-17/h2-12,21H,13H2,1H3,(H,22,23). The van der Waals surface area contributed by atoms with E-state index in [2.05, 4.69) is 14.8 Å². The van der Waals surface area contributed by atoms with Crippen LogP contribution in [0.15, 0.2) is 76.2 Å². The van der Waals surface area contributed by atoms with Gasteiger partial charge < -0.3 is 14.5 Å². The van der Waals surface area contributed by atoms with Crippen molar-refractivity contribution in [3.63, 3.8) is 0 Å². The Bertz CT molecular complexity index is 1110. The van der Waals surface area contributed by atoms with Gasteiger partial charge in [-0.05, 0) is 54.6 Å². The molecule has 2 N–H and O–H groups in total. The molecule has 3 aromatic rings. The van der Waals surface area contributed by atoms with Crippen LogP contribution in [0.25, 0.3) is 0 Å². The van der Waals surface area contributed by atoms with Crippen LogP contribution in [0.4, 0.5) is 5.69 Å². The smallest absolute Gasteiger partial charge is 0.337 e. The fourth-order valence-corrected chi connectivity index (χ4v) is 3.52. The molecule has 0 aliphatic rings. The van der Waals surface area contributed by atoms with E-state index in [4.69, 9.17) is 4.42 Å². The Balaban J connectivity index is 1.71. The van der Waals surface area contributed by atoms with Crippen LogP contribution in [0, 0.1) is 0 Å². The van der Waals surface area contributed by atoms with E-state index in [1.165, 1.54) is 49.8 Å². The zero-order chi connectivity index (χ0) is 20.9. The van der Waals surface area contributed by atoms with Crippen LogP contribution in [-0.2, 0) is 21.3 Å². The highest BCUT2D eigenvalue weighted by Gasteiger charge is 2.17. The number of sulfonamides is 1. The van der Waals surface area contributed by atoms with Gasteiger partial charge in [0.1, 0.15) is 5.76 Å². The molecule has 0 spiro atoms. The lowest BCUT2D eigenvalue weighted by Crippen LogP contribution is -2.23. The molecular weight excluding hydrogens is 396 g/mol. The molecule has 1 amide bonds. The maximum absolute atomic E-state index is 12.5. The Morgan fingerprint density at radius 1 is 1.00 bits per heavy atom. The van der Waals surface area contributed by atoms with Crippen LogP contribution in [0.5, 0.6) is 0 Å². The molecular formula is C20H18N2O6S. The van der Waals surface area contributed by atoms with E-state index in [0.29, 0.717) is 17.0 Å². The van der Waals surface area contributed by atoms with E-state index >= 15 is 0 Å². The van der Waals surface area contributed by atoms with Gasteiger partial charge >= 0.3 is 5.97 Å². The van der Waals surface area contributed by atoms with Crippen LogP contribution >= 0.6 is 0 Å². The molecule has 0 saturated heterocycles. The molecule has 150 valence electrons. The number of hydrogen-bond acceptors (Lipinski definition) is 6. The maximum Gasteiger partial charge on any atom is 0.337 e. The molecule has 0 aliphatic heterocycles. The monoisotopic (exact) mass is 414 g/mol. The molecule has 2 aromatic carbocycles. The molecule has 0 atom stereocenters. The quantitative estimate of drug-likeness (QED) is 0.575. The first-order chi connectivity index (χ1) is 13.9. The number of carbonyl (C=O) groups excluding carboxylic acids is 2. The molecule has 8 nitrogen and oxygen atoms in total. The molecule has 0 radical (unpaired) electrons. The zero-order valence-electron chi connectivity index (χ0n) is 15.4. The summed E-state index contributed by atoms with van der Waals surface area (Å²) < 4.78 is 37.1. The molecule has 9 heteroatoms. The fourth-order valence-electron chi connectivity index (χ4n) is 2.48. The molecule has 0 fully saturated rings. The number of esters is 1. The molecule has 1 heterocycles. The molecule has 3 rings (SSSR count). The lowest BCUT2D eigenvalue weighted by Gasteiger charge is -2.09.